The molecule has 0 spiro atoms. The van der Waals surface area contributed by atoms with Crippen molar-refractivity contribution >= 4 is 17.9 Å². The zero-order valence-corrected chi connectivity index (χ0v) is 43.5. The van der Waals surface area contributed by atoms with Crippen LogP contribution in [0.1, 0.15) is 303 Å². The average Bonchev–Trinajstić information content (AvgIpc) is 3.30. The predicted octanol–water partition coefficient (Wildman–Crippen LogP) is 18.9. The van der Waals surface area contributed by atoms with Gasteiger partial charge < -0.3 is 14.2 Å². The number of allylic oxidation sites excluding steroid dienone is 6. The molecule has 6 heteroatoms. The Balaban J connectivity index is 4.25. The maximum absolute atomic E-state index is 12.8. The highest BCUT2D eigenvalue weighted by Crippen LogP contribution is 2.16. The number of hydrogen-bond donors (Lipinski definition) is 0. The van der Waals surface area contributed by atoms with Crippen molar-refractivity contribution in [1.29, 1.82) is 0 Å². The molecular weight excluding hydrogens is 805 g/mol. The van der Waals surface area contributed by atoms with Gasteiger partial charge >= 0.3 is 17.9 Å². The van der Waals surface area contributed by atoms with Crippen LogP contribution in [0.5, 0.6) is 0 Å². The van der Waals surface area contributed by atoms with Gasteiger partial charge in [0.2, 0.25) is 0 Å². The van der Waals surface area contributed by atoms with Crippen molar-refractivity contribution in [1.82, 2.24) is 0 Å². The van der Waals surface area contributed by atoms with Crippen molar-refractivity contribution in [3.05, 3.63) is 36.5 Å². The molecule has 0 rings (SSSR count). The lowest BCUT2D eigenvalue weighted by molar-refractivity contribution is -0.167. The molecule has 0 amide bonds. The molecule has 0 aromatic rings. The van der Waals surface area contributed by atoms with Crippen LogP contribution in [0, 0.1) is 0 Å². The first-order valence-electron chi connectivity index (χ1n) is 28.5. The molecular formula is C59H108O6. The van der Waals surface area contributed by atoms with Gasteiger partial charge in [0.15, 0.2) is 6.10 Å². The highest BCUT2D eigenvalue weighted by atomic mass is 16.6. The average molecular weight is 914 g/mol. The van der Waals surface area contributed by atoms with Crippen molar-refractivity contribution in [2.75, 3.05) is 13.2 Å². The molecule has 0 heterocycles. The molecule has 65 heavy (non-hydrogen) atoms. The van der Waals surface area contributed by atoms with Crippen molar-refractivity contribution in [2.24, 2.45) is 0 Å². The maximum Gasteiger partial charge on any atom is 0.306 e. The van der Waals surface area contributed by atoms with E-state index in [0.717, 1.165) is 70.6 Å². The fourth-order valence-electron chi connectivity index (χ4n) is 8.29. The van der Waals surface area contributed by atoms with Crippen LogP contribution in [0.25, 0.3) is 0 Å². The molecule has 0 aromatic carbocycles. The van der Waals surface area contributed by atoms with E-state index >= 15 is 0 Å². The van der Waals surface area contributed by atoms with Crippen LogP contribution in [0.4, 0.5) is 0 Å². The fraction of sp³-hybridized carbons (Fsp3) is 0.847. The summed E-state index contributed by atoms with van der Waals surface area (Å²) in [7, 11) is 0. The summed E-state index contributed by atoms with van der Waals surface area (Å²) in [5.74, 6) is -0.872. The van der Waals surface area contributed by atoms with Gasteiger partial charge in [-0.15, -0.1) is 0 Å². The van der Waals surface area contributed by atoms with E-state index in [9.17, 15) is 14.4 Å². The summed E-state index contributed by atoms with van der Waals surface area (Å²) < 4.78 is 16.8. The highest BCUT2D eigenvalue weighted by molar-refractivity contribution is 5.71. The minimum atomic E-state index is -0.773. The molecule has 0 aliphatic rings. The summed E-state index contributed by atoms with van der Waals surface area (Å²) in [4.78, 5) is 38.0. The summed E-state index contributed by atoms with van der Waals surface area (Å²) >= 11 is 0. The second-order valence-corrected chi connectivity index (χ2v) is 19.2. The van der Waals surface area contributed by atoms with Crippen LogP contribution in [-0.4, -0.2) is 37.2 Å². The summed E-state index contributed by atoms with van der Waals surface area (Å²) in [5.41, 5.74) is 0. The van der Waals surface area contributed by atoms with Gasteiger partial charge in [-0.05, 0) is 77.0 Å². The molecule has 6 nitrogen and oxygen atoms in total. The van der Waals surface area contributed by atoms with Crippen LogP contribution in [-0.2, 0) is 28.6 Å². The number of esters is 3. The Bertz CT molecular complexity index is 1090. The van der Waals surface area contributed by atoms with Crippen LogP contribution >= 0.6 is 0 Å². The van der Waals surface area contributed by atoms with Gasteiger partial charge in [-0.3, -0.25) is 14.4 Å². The second kappa shape index (κ2) is 54.2. The van der Waals surface area contributed by atoms with Crippen LogP contribution in [0.15, 0.2) is 36.5 Å². The zero-order chi connectivity index (χ0) is 47.2. The van der Waals surface area contributed by atoms with E-state index in [1.165, 1.54) is 193 Å². The van der Waals surface area contributed by atoms with Gasteiger partial charge in [0.05, 0.1) is 0 Å². The van der Waals surface area contributed by atoms with Crippen LogP contribution in [0.2, 0.25) is 0 Å². The molecule has 0 bridgehead atoms. The standard InChI is InChI=1S/C59H108O6/c1-4-7-10-13-16-19-21-23-25-27-28-29-30-32-33-35-37-40-43-46-49-52-58(61)64-55-56(54-63-57(60)51-48-45-42-39-18-15-12-9-6-3)65-59(62)53-50-47-44-41-38-36-34-31-26-24-22-20-17-14-11-8-5-2/h17,20,24,26-28,56H,4-16,18-19,21-23,25,29-55H2,1-3H3/b20-17-,26-24-,28-27-. The number of rotatable bonds is 52. The Hall–Kier alpha value is -2.37. The minimum Gasteiger partial charge on any atom is -0.462 e. The first kappa shape index (κ1) is 62.6. The fourth-order valence-corrected chi connectivity index (χ4v) is 8.29. The molecule has 0 aromatic heterocycles. The number of unbranched alkanes of at least 4 members (excludes halogenated alkanes) is 35. The molecule has 1 atom stereocenters. The lowest BCUT2D eigenvalue weighted by Gasteiger charge is -2.18. The topological polar surface area (TPSA) is 78.9 Å². The molecule has 0 aliphatic carbocycles. The lowest BCUT2D eigenvalue weighted by atomic mass is 10.1. The van der Waals surface area contributed by atoms with E-state index < -0.39 is 6.10 Å². The normalized spacial score (nSPS) is 12.2. The van der Waals surface area contributed by atoms with E-state index in [0.29, 0.717) is 19.3 Å². The largest absolute Gasteiger partial charge is 0.462 e. The quantitative estimate of drug-likeness (QED) is 0.0262. The first-order valence-corrected chi connectivity index (χ1v) is 28.5. The van der Waals surface area contributed by atoms with Crippen molar-refractivity contribution in [3.8, 4) is 0 Å². The Morgan fingerprint density at radius 3 is 0.892 bits per heavy atom. The monoisotopic (exact) mass is 913 g/mol. The first-order chi connectivity index (χ1) is 32.0. The Morgan fingerprint density at radius 1 is 0.308 bits per heavy atom. The lowest BCUT2D eigenvalue weighted by Crippen LogP contribution is -2.30. The molecule has 1 unspecified atom stereocenters. The van der Waals surface area contributed by atoms with Gasteiger partial charge in [0.25, 0.3) is 0 Å². The van der Waals surface area contributed by atoms with Crippen LogP contribution in [0.3, 0.4) is 0 Å². The van der Waals surface area contributed by atoms with Gasteiger partial charge in [0, 0.05) is 19.3 Å². The second-order valence-electron chi connectivity index (χ2n) is 19.2. The van der Waals surface area contributed by atoms with E-state index in [4.69, 9.17) is 14.2 Å². The zero-order valence-electron chi connectivity index (χ0n) is 43.5. The van der Waals surface area contributed by atoms with E-state index in [1.807, 2.05) is 0 Å². The number of hydrogen-bond acceptors (Lipinski definition) is 6. The van der Waals surface area contributed by atoms with Gasteiger partial charge in [-0.25, -0.2) is 0 Å². The molecule has 0 saturated carbocycles. The maximum atomic E-state index is 12.8. The number of ether oxygens (including phenoxy) is 3. The summed E-state index contributed by atoms with van der Waals surface area (Å²) in [6.07, 6.45) is 64.3. The Kier molecular flexibility index (Phi) is 52.3. The molecule has 0 fully saturated rings. The summed E-state index contributed by atoms with van der Waals surface area (Å²) in [6.45, 7) is 6.62. The summed E-state index contributed by atoms with van der Waals surface area (Å²) in [6, 6.07) is 0. The minimum absolute atomic E-state index is 0.0731. The number of carbonyl (C=O) groups is 3. The molecule has 0 radical (unpaired) electrons. The van der Waals surface area contributed by atoms with E-state index in [2.05, 4.69) is 57.2 Å². The SMILES string of the molecule is CCCCC/C=C\C/C=C\CCCCCCCCCC(=O)OC(COC(=O)CCCCCCCCCCC)COC(=O)CCCCCCCCCCC/C=C\CCCCCCCCCC. The Morgan fingerprint density at radius 2 is 0.554 bits per heavy atom. The smallest absolute Gasteiger partial charge is 0.306 e. The number of carbonyl (C=O) groups excluding carboxylic acids is 3. The molecule has 0 aliphatic heterocycles. The van der Waals surface area contributed by atoms with E-state index in [1.54, 1.807) is 0 Å². The third kappa shape index (κ3) is 52.5. The van der Waals surface area contributed by atoms with Crippen molar-refractivity contribution in [3.63, 3.8) is 0 Å². The van der Waals surface area contributed by atoms with E-state index in [-0.39, 0.29) is 31.1 Å². The van der Waals surface area contributed by atoms with Crippen LogP contribution < -0.4 is 0 Å². The molecule has 0 saturated heterocycles. The van der Waals surface area contributed by atoms with Gasteiger partial charge in [0.1, 0.15) is 13.2 Å². The summed E-state index contributed by atoms with van der Waals surface area (Å²) in [5, 5.41) is 0. The molecule has 380 valence electrons. The van der Waals surface area contributed by atoms with Gasteiger partial charge in [-0.2, -0.15) is 0 Å². The predicted molar refractivity (Wildman–Crippen MR) is 279 cm³/mol. The van der Waals surface area contributed by atoms with Gasteiger partial charge in [-0.1, -0.05) is 243 Å². The van der Waals surface area contributed by atoms with Crippen molar-refractivity contribution < 1.29 is 28.6 Å². The Labute approximate surface area is 404 Å². The third-order valence-corrected chi connectivity index (χ3v) is 12.6. The van der Waals surface area contributed by atoms with Crippen molar-refractivity contribution in [2.45, 2.75) is 309 Å². The third-order valence-electron chi connectivity index (χ3n) is 12.6. The molecule has 0 N–H and O–H groups in total. The highest BCUT2D eigenvalue weighted by Gasteiger charge is 2.19.